The van der Waals surface area contributed by atoms with Crippen LogP contribution in [0.25, 0.3) is 11.3 Å². The highest BCUT2D eigenvalue weighted by atomic mass is 19.4. The van der Waals surface area contributed by atoms with Gasteiger partial charge in [0.1, 0.15) is 6.54 Å². The normalized spacial score (nSPS) is 15.9. The number of carbonyl (C=O) groups is 2. The fourth-order valence-corrected chi connectivity index (χ4v) is 4.46. The van der Waals surface area contributed by atoms with Crippen molar-refractivity contribution in [1.29, 1.82) is 0 Å². The largest absolute Gasteiger partial charge is 0.416 e. The van der Waals surface area contributed by atoms with Crippen LogP contribution in [0.15, 0.2) is 59.5 Å². The van der Waals surface area contributed by atoms with E-state index in [1.165, 1.54) is 18.3 Å². The molecule has 1 aliphatic rings. The number of rotatable bonds is 7. The molecule has 0 fully saturated rings. The quantitative estimate of drug-likeness (QED) is 0.435. The molecule has 1 heterocycles. The highest BCUT2D eigenvalue weighted by molar-refractivity contribution is 5.93. The number of aryl methyl sites for hydroxylation is 1. The Bertz CT molecular complexity index is 1400. The van der Waals surface area contributed by atoms with Gasteiger partial charge >= 0.3 is 6.18 Å². The number of anilines is 1. The van der Waals surface area contributed by atoms with Crippen molar-refractivity contribution in [3.63, 3.8) is 0 Å². The first-order chi connectivity index (χ1) is 18.1. The zero-order valence-corrected chi connectivity index (χ0v) is 20.9. The summed E-state index contributed by atoms with van der Waals surface area (Å²) in [6.45, 7) is 1.11. The van der Waals surface area contributed by atoms with Gasteiger partial charge in [0.05, 0.1) is 29.5 Å². The highest BCUT2D eigenvalue weighted by Gasteiger charge is 2.31. The van der Waals surface area contributed by atoms with Crippen molar-refractivity contribution in [3.05, 3.63) is 81.8 Å². The van der Waals surface area contributed by atoms with Crippen LogP contribution in [0, 0.1) is 0 Å². The first-order valence-corrected chi connectivity index (χ1v) is 12.2. The zero-order chi connectivity index (χ0) is 27.4. The van der Waals surface area contributed by atoms with Crippen molar-refractivity contribution >= 4 is 17.6 Å². The summed E-state index contributed by atoms with van der Waals surface area (Å²) < 4.78 is 41.1. The van der Waals surface area contributed by atoms with E-state index in [1.54, 1.807) is 14.0 Å². The molecule has 0 spiro atoms. The number of halogens is 3. The topological polar surface area (TPSA) is 105 Å². The third-order valence-corrected chi connectivity index (χ3v) is 6.61. The van der Waals surface area contributed by atoms with Gasteiger partial charge in [0.15, 0.2) is 5.82 Å². The Hall–Kier alpha value is -3.99. The van der Waals surface area contributed by atoms with Crippen LogP contribution in [0.1, 0.15) is 42.5 Å². The van der Waals surface area contributed by atoms with E-state index in [0.29, 0.717) is 0 Å². The summed E-state index contributed by atoms with van der Waals surface area (Å²) in [5.41, 5.74) is 0.495. The van der Waals surface area contributed by atoms with E-state index < -0.39 is 41.7 Å². The maximum atomic E-state index is 13.4. The number of likely N-dealkylation sites (N-methyl/N-ethyl adjacent to an activating group) is 1. The number of carbonyl (C=O) groups excluding carboxylic acids is 2. The van der Waals surface area contributed by atoms with E-state index in [0.717, 1.165) is 47.1 Å². The van der Waals surface area contributed by atoms with Crippen molar-refractivity contribution < 1.29 is 22.8 Å². The average molecular weight is 528 g/mol. The molecule has 3 N–H and O–H groups in total. The smallest absolute Gasteiger partial charge is 0.348 e. The molecule has 4 rings (SSSR count). The van der Waals surface area contributed by atoms with Crippen LogP contribution in [-0.4, -0.2) is 34.5 Å². The second kappa shape index (κ2) is 11.2. The summed E-state index contributed by atoms with van der Waals surface area (Å²) in [7, 11) is 1.57. The van der Waals surface area contributed by atoms with Crippen LogP contribution in [0.4, 0.5) is 19.0 Å². The van der Waals surface area contributed by atoms with Crippen molar-refractivity contribution in [1.82, 2.24) is 20.2 Å². The van der Waals surface area contributed by atoms with Crippen LogP contribution in [0.5, 0.6) is 0 Å². The first kappa shape index (κ1) is 27.1. The zero-order valence-electron chi connectivity index (χ0n) is 20.9. The van der Waals surface area contributed by atoms with Crippen LogP contribution >= 0.6 is 0 Å². The van der Waals surface area contributed by atoms with Crippen molar-refractivity contribution in [2.45, 2.75) is 51.0 Å². The lowest BCUT2D eigenvalue weighted by Gasteiger charge is -2.26. The number of amides is 2. The number of hydrogen-bond acceptors (Lipinski definition) is 5. The molecule has 0 radical (unpaired) electrons. The Morgan fingerprint density at radius 2 is 1.92 bits per heavy atom. The van der Waals surface area contributed by atoms with E-state index >= 15 is 0 Å². The van der Waals surface area contributed by atoms with Gasteiger partial charge in [0, 0.05) is 5.56 Å². The molecular weight excluding hydrogens is 499 g/mol. The van der Waals surface area contributed by atoms with Gasteiger partial charge in [-0.1, -0.05) is 36.4 Å². The number of nitrogens with zero attached hydrogens (tertiary/aromatic N) is 2. The molecule has 38 heavy (non-hydrogen) atoms. The van der Waals surface area contributed by atoms with Gasteiger partial charge in [-0.25, -0.2) is 4.98 Å². The lowest BCUT2D eigenvalue weighted by molar-refractivity contribution is -0.137. The Balaban J connectivity index is 1.70. The molecule has 1 aromatic heterocycles. The fraction of sp³-hybridized carbons (Fsp3) is 0.333. The van der Waals surface area contributed by atoms with E-state index in [9.17, 15) is 27.6 Å². The molecule has 3 aromatic rings. The second-order valence-electron chi connectivity index (χ2n) is 9.17. The average Bonchev–Trinajstić information content (AvgIpc) is 2.90. The van der Waals surface area contributed by atoms with Gasteiger partial charge in [0.25, 0.3) is 5.56 Å². The van der Waals surface area contributed by atoms with Gasteiger partial charge in [-0.2, -0.15) is 13.2 Å². The molecule has 0 saturated heterocycles. The van der Waals surface area contributed by atoms with Crippen molar-refractivity contribution in [2.24, 2.45) is 0 Å². The molecule has 0 saturated carbocycles. The number of fused-ring (bicyclic) bond motifs is 1. The van der Waals surface area contributed by atoms with E-state index in [1.807, 2.05) is 24.3 Å². The highest BCUT2D eigenvalue weighted by Crippen LogP contribution is 2.32. The number of benzene rings is 2. The molecule has 11 heteroatoms. The summed E-state index contributed by atoms with van der Waals surface area (Å²) in [4.78, 5) is 42.9. The van der Waals surface area contributed by atoms with Crippen LogP contribution in [-0.2, 0) is 28.7 Å². The van der Waals surface area contributed by atoms with Crippen LogP contribution < -0.4 is 21.5 Å². The van der Waals surface area contributed by atoms with Crippen LogP contribution in [0.2, 0.25) is 0 Å². The maximum Gasteiger partial charge on any atom is 0.416 e. The number of nitrogens with one attached hydrogen (secondary N) is 3. The third-order valence-electron chi connectivity index (χ3n) is 6.61. The first-order valence-electron chi connectivity index (χ1n) is 12.2. The maximum absolute atomic E-state index is 13.4. The molecule has 200 valence electrons. The number of aromatic nitrogens is 2. The molecule has 1 aliphatic carbocycles. The predicted molar refractivity (Wildman–Crippen MR) is 136 cm³/mol. The molecule has 0 aliphatic heterocycles. The molecule has 1 unspecified atom stereocenters. The second-order valence-corrected chi connectivity index (χ2v) is 9.17. The molecule has 2 aromatic carbocycles. The molecule has 0 bridgehead atoms. The molecule has 2 atom stereocenters. The molecular formula is C27H28F3N5O3. The van der Waals surface area contributed by atoms with Gasteiger partial charge in [0.2, 0.25) is 11.8 Å². The molecule has 8 nitrogen and oxygen atoms in total. The SMILES string of the molecule is CN[C@@H](C)C(=O)Nc1ncc(-c2cccc(C(F)(F)F)c2)n(CC(=O)NC2CCCc3ccccc32)c1=O. The standard InChI is InChI=1S/C27H28F3N5O3/c1-16(31-2)25(37)34-24-26(38)35(22(14-32-24)18-9-5-10-19(13-18)27(28,29)30)15-23(36)33-21-12-6-8-17-7-3-4-11-20(17)21/h3-5,7,9-11,13-14,16,21,31H,6,8,12,15H2,1-2H3,(H,33,36)(H,32,34,37)/t16-,21?/m0/s1. The minimum Gasteiger partial charge on any atom is -0.348 e. The monoisotopic (exact) mass is 527 g/mol. The Morgan fingerprint density at radius 3 is 2.66 bits per heavy atom. The van der Waals surface area contributed by atoms with E-state index in [-0.39, 0.29) is 23.1 Å². The lowest BCUT2D eigenvalue weighted by atomic mass is 9.88. The lowest BCUT2D eigenvalue weighted by Crippen LogP contribution is -2.40. The Morgan fingerprint density at radius 1 is 1.16 bits per heavy atom. The van der Waals surface area contributed by atoms with E-state index in [4.69, 9.17) is 0 Å². The predicted octanol–water partition coefficient (Wildman–Crippen LogP) is 3.67. The fourth-order valence-electron chi connectivity index (χ4n) is 4.46. The van der Waals surface area contributed by atoms with Gasteiger partial charge in [-0.05, 0) is 56.5 Å². The van der Waals surface area contributed by atoms with Gasteiger partial charge < -0.3 is 16.0 Å². The minimum absolute atomic E-state index is 0.0139. The summed E-state index contributed by atoms with van der Waals surface area (Å²) in [6.07, 6.45) is -0.915. The van der Waals surface area contributed by atoms with Crippen molar-refractivity contribution in [3.8, 4) is 11.3 Å². The Kier molecular flexibility index (Phi) is 7.96. The molecule has 2 amide bonds. The summed E-state index contributed by atoms with van der Waals surface area (Å²) in [6, 6.07) is 11.3. The third kappa shape index (κ3) is 5.94. The van der Waals surface area contributed by atoms with Crippen LogP contribution in [0.3, 0.4) is 0 Å². The number of alkyl halides is 3. The minimum atomic E-state index is -4.60. The Labute approximate surface area is 217 Å². The number of hydrogen-bond donors (Lipinski definition) is 3. The summed E-state index contributed by atoms with van der Waals surface area (Å²) in [5.74, 6) is -1.35. The van der Waals surface area contributed by atoms with Gasteiger partial charge in [-0.15, -0.1) is 0 Å². The summed E-state index contributed by atoms with van der Waals surface area (Å²) in [5, 5.41) is 8.13. The van der Waals surface area contributed by atoms with E-state index in [2.05, 4.69) is 20.9 Å². The van der Waals surface area contributed by atoms with Crippen molar-refractivity contribution in [2.75, 3.05) is 12.4 Å². The van der Waals surface area contributed by atoms with Gasteiger partial charge in [-0.3, -0.25) is 19.0 Å². The summed E-state index contributed by atoms with van der Waals surface area (Å²) >= 11 is 0.